The smallest absolute Gasteiger partial charge is 1.00 e. The van der Waals surface area contributed by atoms with E-state index in [4.69, 9.17) is 0 Å². The first-order valence-corrected chi connectivity index (χ1v) is 3.77. The number of nitro benzene ring substituents is 1. The van der Waals surface area contributed by atoms with Gasteiger partial charge >= 0.3 is 17.4 Å². The summed E-state index contributed by atoms with van der Waals surface area (Å²) in [4.78, 5) is 18.8. The number of rotatable bonds is 1. The second-order valence-electron chi connectivity index (χ2n) is 2.06. The van der Waals surface area contributed by atoms with Crippen LogP contribution >= 0.6 is 11.6 Å². The van der Waals surface area contributed by atoms with E-state index in [-0.39, 0.29) is 65.5 Å². The molecule has 1 aromatic rings. The van der Waals surface area contributed by atoms with E-state index in [1.807, 2.05) is 0 Å². The molecule has 0 atom stereocenters. The molecule has 0 bridgehead atoms. The molecule has 1 aromatic carbocycles. The second kappa shape index (κ2) is 18.4. The molecule has 0 amide bonds. The summed E-state index contributed by atoms with van der Waals surface area (Å²) in [6.07, 6.45) is 0. The van der Waals surface area contributed by atoms with Crippen LogP contribution < -0.4 is 37.2 Å². The molecule has 9 heteroatoms. The third kappa shape index (κ3) is 21.8. The van der Waals surface area contributed by atoms with Crippen LogP contribution in [0.3, 0.4) is 0 Å². The molecule has 0 N–H and O–H groups in total. The predicted molar refractivity (Wildman–Crippen MR) is 55.4 cm³/mol. The summed E-state index contributed by atoms with van der Waals surface area (Å²) in [5.74, 6) is 0. The number of non-ortho nitro benzene ring substituents is 1. The number of nitrogens with zero attached hydrogens (tertiary/aromatic N) is 1. The quantitative estimate of drug-likeness (QED) is 0.222. The first-order chi connectivity index (χ1) is 6.04. The average molecular weight is 335 g/mol. The largest absolute Gasteiger partial charge is 3.00 e. The number of benzene rings is 1. The summed E-state index contributed by atoms with van der Waals surface area (Å²) < 4.78 is 0. The van der Waals surface area contributed by atoms with E-state index in [0.29, 0.717) is 0 Å². The Morgan fingerprint density at radius 3 is 1.65 bits per heavy atom. The summed E-state index contributed by atoms with van der Waals surface area (Å²) in [7, 11) is 0. The monoisotopic (exact) mass is 333 g/mol. The van der Waals surface area contributed by atoms with Crippen LogP contribution in [-0.4, -0.2) is 27.5 Å². The van der Waals surface area contributed by atoms with Gasteiger partial charge in [-0.2, -0.15) is 0 Å². The van der Waals surface area contributed by atoms with Gasteiger partial charge in [0.15, 0.2) is 0 Å². The average Bonchev–Trinajstić information content (AvgIpc) is 2.05. The minimum atomic E-state index is -0.417. The van der Waals surface area contributed by atoms with Crippen LogP contribution in [0.25, 0.3) is 0 Å². The maximum absolute atomic E-state index is 10.0. The summed E-state index contributed by atoms with van der Waals surface area (Å²) >= 11 is 4.64. The Bertz CT molecular complexity index is 296. The van der Waals surface area contributed by atoms with Crippen LogP contribution in [0.2, 0.25) is 0 Å². The van der Waals surface area contributed by atoms with Crippen LogP contribution in [0.4, 0.5) is 5.69 Å². The Balaban J connectivity index is -0.0000000542. The molecule has 4 nitrogen and oxygen atoms in total. The maximum Gasteiger partial charge on any atom is 3.00 e. The Morgan fingerprint density at radius 2 is 1.47 bits per heavy atom. The van der Waals surface area contributed by atoms with Crippen molar-refractivity contribution >= 4 is 39.9 Å². The number of hydrogen-bond acceptors (Lipinski definition) is 3. The molecule has 94 valence electrons. The molecule has 1 rings (SSSR count). The standard InChI is InChI=1S/C6H5NO2.C2H3ClO.Al.3ClH/c8-7(9)6-4-2-1-3-5-6;1-2(3)4;;;;/h1-5H;1H3;;3*1H/q;;+3;;;/p-3. The van der Waals surface area contributed by atoms with Gasteiger partial charge in [0.25, 0.3) is 5.69 Å². The Morgan fingerprint density at radius 1 is 1.18 bits per heavy atom. The van der Waals surface area contributed by atoms with E-state index in [9.17, 15) is 14.9 Å². The van der Waals surface area contributed by atoms with E-state index in [2.05, 4.69) is 11.6 Å². The van der Waals surface area contributed by atoms with Gasteiger partial charge in [0.05, 0.1) is 4.92 Å². The maximum atomic E-state index is 10.0. The molecular weight excluding hydrogens is 327 g/mol. The van der Waals surface area contributed by atoms with Crippen molar-refractivity contribution in [2.24, 2.45) is 0 Å². The second-order valence-corrected chi connectivity index (χ2v) is 2.60. The van der Waals surface area contributed by atoms with Gasteiger partial charge in [-0.1, -0.05) is 18.2 Å². The van der Waals surface area contributed by atoms with Crippen LogP contribution in [-0.2, 0) is 4.79 Å². The number of carbonyl (C=O) groups is 1. The van der Waals surface area contributed by atoms with E-state index in [0.717, 1.165) is 0 Å². The van der Waals surface area contributed by atoms with Crippen molar-refractivity contribution in [3.8, 4) is 0 Å². The van der Waals surface area contributed by atoms with Gasteiger partial charge in [-0.25, -0.2) is 0 Å². The molecule has 0 fully saturated rings. The Hall–Kier alpha value is -0.0175. The van der Waals surface area contributed by atoms with Gasteiger partial charge in [0, 0.05) is 19.1 Å². The molecule has 0 unspecified atom stereocenters. The molecule has 0 saturated carbocycles. The minimum absolute atomic E-state index is 0. The van der Waals surface area contributed by atoms with Crippen LogP contribution in [0.15, 0.2) is 30.3 Å². The number of halogens is 4. The molecule has 0 heterocycles. The normalized spacial score (nSPS) is 6.24. The van der Waals surface area contributed by atoms with Crippen LogP contribution in [0.1, 0.15) is 6.92 Å². The van der Waals surface area contributed by atoms with Crippen molar-refractivity contribution in [1.82, 2.24) is 0 Å². The zero-order valence-corrected chi connectivity index (χ0v) is 12.8. The van der Waals surface area contributed by atoms with Crippen molar-refractivity contribution < 1.29 is 46.9 Å². The van der Waals surface area contributed by atoms with Gasteiger partial charge < -0.3 is 37.2 Å². The molecule has 17 heavy (non-hydrogen) atoms. The first kappa shape index (κ1) is 30.2. The molecule has 0 aliphatic rings. The Labute approximate surface area is 134 Å². The summed E-state index contributed by atoms with van der Waals surface area (Å²) in [5, 5.41) is 9.65. The van der Waals surface area contributed by atoms with Gasteiger partial charge in [0.2, 0.25) is 5.24 Å². The fourth-order valence-electron chi connectivity index (χ4n) is 0.550. The third-order valence-electron chi connectivity index (χ3n) is 0.967. The van der Waals surface area contributed by atoms with Gasteiger partial charge in [-0.3, -0.25) is 14.9 Å². The molecule has 0 aromatic heterocycles. The number of nitro groups is 1. The topological polar surface area (TPSA) is 60.2 Å². The van der Waals surface area contributed by atoms with E-state index in [1.54, 1.807) is 18.2 Å². The van der Waals surface area contributed by atoms with Crippen molar-refractivity contribution in [2.45, 2.75) is 6.92 Å². The predicted octanol–water partition coefficient (Wildman–Crippen LogP) is -7.00. The summed E-state index contributed by atoms with van der Waals surface area (Å²) in [6.45, 7) is 1.29. The molecular formula is C8H8AlCl4NO3. The fraction of sp³-hybridized carbons (Fsp3) is 0.125. The molecule has 0 aliphatic carbocycles. The number of carbonyl (C=O) groups excluding carboxylic acids is 1. The number of hydrogen-bond donors (Lipinski definition) is 0. The molecule has 0 aliphatic heterocycles. The first-order valence-electron chi connectivity index (χ1n) is 3.39. The molecule has 0 spiro atoms. The van der Waals surface area contributed by atoms with Crippen molar-refractivity contribution in [1.29, 1.82) is 0 Å². The van der Waals surface area contributed by atoms with Crippen molar-refractivity contribution in [2.75, 3.05) is 0 Å². The molecule has 0 saturated heterocycles. The number of para-hydroxylation sites is 1. The van der Waals surface area contributed by atoms with Crippen LogP contribution in [0, 0.1) is 10.1 Å². The van der Waals surface area contributed by atoms with E-state index < -0.39 is 4.92 Å². The Kier molecular flexibility index (Phi) is 32.6. The van der Waals surface area contributed by atoms with Gasteiger partial charge in [-0.15, -0.1) is 0 Å². The fourth-order valence-corrected chi connectivity index (χ4v) is 0.550. The zero-order chi connectivity index (χ0) is 10.3. The van der Waals surface area contributed by atoms with Crippen molar-refractivity contribution in [3.05, 3.63) is 40.4 Å². The summed E-state index contributed by atoms with van der Waals surface area (Å²) in [6, 6.07) is 7.93. The van der Waals surface area contributed by atoms with Gasteiger partial charge in [-0.05, 0) is 11.6 Å². The minimum Gasteiger partial charge on any atom is -1.00 e. The van der Waals surface area contributed by atoms with E-state index in [1.165, 1.54) is 19.1 Å². The molecule has 0 radical (unpaired) electrons. The zero-order valence-electron chi connectivity index (χ0n) is 8.65. The van der Waals surface area contributed by atoms with Crippen LogP contribution in [0.5, 0.6) is 0 Å². The van der Waals surface area contributed by atoms with E-state index >= 15 is 0 Å². The SMILES string of the molecule is CC(=O)Cl.O=[N+]([O-])c1ccccc1.[Al+3].[Cl-].[Cl-].[Cl-]. The summed E-state index contributed by atoms with van der Waals surface area (Å²) in [5.41, 5.74) is 0.137. The van der Waals surface area contributed by atoms with Gasteiger partial charge in [0.1, 0.15) is 0 Å². The van der Waals surface area contributed by atoms with Crippen molar-refractivity contribution in [3.63, 3.8) is 0 Å². The third-order valence-corrected chi connectivity index (χ3v) is 0.967.